The number of allylic oxidation sites excluding steroid dienone is 1. The van der Waals surface area contributed by atoms with E-state index in [0.29, 0.717) is 0 Å². The van der Waals surface area contributed by atoms with Gasteiger partial charge in [0.25, 0.3) is 0 Å². The lowest BCUT2D eigenvalue weighted by molar-refractivity contribution is -0.138. The van der Waals surface area contributed by atoms with Gasteiger partial charge in [-0.25, -0.2) is 4.90 Å². The first kappa shape index (κ1) is 13.8. The first-order valence-electron chi connectivity index (χ1n) is 5.33. The third kappa shape index (κ3) is 2.88. The summed E-state index contributed by atoms with van der Waals surface area (Å²) in [6.07, 6.45) is 1.15. The molecule has 6 heteroatoms. The average molecular weight is 256 g/mol. The predicted octanol–water partition coefficient (Wildman–Crippen LogP) is 0.645. The number of likely N-dealkylation sites (tertiary alicyclic amines) is 1. The minimum atomic E-state index is -0.406. The van der Waals surface area contributed by atoms with Gasteiger partial charge in [-0.15, -0.1) is 11.8 Å². The number of Topliss-reactive ketones (excluding diaryl/α,β-unsaturated/α-hetero) is 1. The monoisotopic (exact) mass is 256 g/mol. The Morgan fingerprint density at radius 3 is 2.53 bits per heavy atom. The summed E-state index contributed by atoms with van der Waals surface area (Å²) in [5, 5.41) is -0.156. The minimum Gasteiger partial charge on any atom is -0.403 e. The van der Waals surface area contributed by atoms with E-state index in [1.807, 2.05) is 13.8 Å². The van der Waals surface area contributed by atoms with Crippen LogP contribution in [0.1, 0.15) is 27.2 Å². The molecule has 2 amide bonds. The molecular formula is C11H16N2O3S. The van der Waals surface area contributed by atoms with Gasteiger partial charge in [0, 0.05) is 19.5 Å². The molecule has 0 aromatic rings. The highest BCUT2D eigenvalue weighted by molar-refractivity contribution is 8.01. The summed E-state index contributed by atoms with van der Waals surface area (Å²) in [4.78, 5) is 35.9. The Morgan fingerprint density at radius 1 is 1.53 bits per heavy atom. The van der Waals surface area contributed by atoms with Crippen molar-refractivity contribution in [1.29, 1.82) is 0 Å². The molecule has 1 heterocycles. The zero-order valence-corrected chi connectivity index (χ0v) is 10.9. The number of thioether (sulfide) groups is 1. The zero-order chi connectivity index (χ0) is 13.2. The summed E-state index contributed by atoms with van der Waals surface area (Å²) >= 11 is 1.43. The van der Waals surface area contributed by atoms with Crippen molar-refractivity contribution in [2.75, 3.05) is 0 Å². The van der Waals surface area contributed by atoms with E-state index in [1.165, 1.54) is 18.7 Å². The summed E-state index contributed by atoms with van der Waals surface area (Å²) in [5.41, 5.74) is 5.25. The molecule has 2 N–H and O–H groups in total. The van der Waals surface area contributed by atoms with Crippen LogP contribution < -0.4 is 5.73 Å². The molecular weight excluding hydrogens is 240 g/mol. The number of carbonyl (C=O) groups excluding carboxylic acids is 3. The van der Waals surface area contributed by atoms with Crippen molar-refractivity contribution in [3.63, 3.8) is 0 Å². The number of imide groups is 1. The van der Waals surface area contributed by atoms with E-state index in [9.17, 15) is 14.4 Å². The van der Waals surface area contributed by atoms with Crippen LogP contribution in [0.15, 0.2) is 11.9 Å². The standard InChI is InChI=1S/C11H16N2O3S/c1-6(2)17-9-4-10(15)13(11(9)16)8(5-12)7(3)14/h5-6,9H,4,12H2,1-3H3/b8-5+. The lowest BCUT2D eigenvalue weighted by Gasteiger charge is -2.16. The van der Waals surface area contributed by atoms with Crippen LogP contribution in [-0.4, -0.2) is 33.0 Å². The molecule has 0 bridgehead atoms. The summed E-state index contributed by atoms with van der Waals surface area (Å²) in [5.74, 6) is -1.09. The average Bonchev–Trinajstić information content (AvgIpc) is 2.45. The van der Waals surface area contributed by atoms with Gasteiger partial charge in [0.05, 0.1) is 5.25 Å². The quantitative estimate of drug-likeness (QED) is 0.590. The van der Waals surface area contributed by atoms with Gasteiger partial charge >= 0.3 is 0 Å². The Bertz CT molecular complexity index is 390. The number of rotatable bonds is 4. The van der Waals surface area contributed by atoms with Crippen LogP contribution in [0.3, 0.4) is 0 Å². The summed E-state index contributed by atoms with van der Waals surface area (Å²) in [7, 11) is 0. The minimum absolute atomic E-state index is 0.0353. The van der Waals surface area contributed by atoms with Gasteiger partial charge in [-0.1, -0.05) is 13.8 Å². The second-order valence-corrected chi connectivity index (χ2v) is 5.84. The molecule has 1 aliphatic rings. The lowest BCUT2D eigenvalue weighted by Crippen LogP contribution is -2.34. The fourth-order valence-electron chi connectivity index (χ4n) is 1.64. The third-order valence-corrected chi connectivity index (χ3v) is 3.54. The van der Waals surface area contributed by atoms with Gasteiger partial charge in [0.2, 0.25) is 11.8 Å². The van der Waals surface area contributed by atoms with Crippen molar-refractivity contribution in [3.8, 4) is 0 Å². The molecule has 0 radical (unpaired) electrons. The van der Waals surface area contributed by atoms with Crippen molar-refractivity contribution >= 4 is 29.4 Å². The number of nitrogens with two attached hydrogens (primary N) is 1. The van der Waals surface area contributed by atoms with E-state index in [0.717, 1.165) is 11.1 Å². The molecule has 0 aromatic heterocycles. The SMILES string of the molecule is CC(=O)/C(=C\N)N1C(=O)CC(SC(C)C)C1=O. The fourth-order valence-corrected chi connectivity index (χ4v) is 2.76. The Balaban J connectivity index is 2.93. The summed E-state index contributed by atoms with van der Waals surface area (Å²) < 4.78 is 0. The molecule has 1 unspecified atom stereocenters. The highest BCUT2D eigenvalue weighted by Gasteiger charge is 2.42. The molecule has 1 aliphatic heterocycles. The molecule has 17 heavy (non-hydrogen) atoms. The van der Waals surface area contributed by atoms with E-state index in [1.54, 1.807) is 0 Å². The van der Waals surface area contributed by atoms with E-state index in [-0.39, 0.29) is 35.0 Å². The number of hydrogen-bond acceptors (Lipinski definition) is 5. The van der Waals surface area contributed by atoms with Gasteiger partial charge in [-0.3, -0.25) is 14.4 Å². The Morgan fingerprint density at radius 2 is 2.12 bits per heavy atom. The number of carbonyl (C=O) groups is 3. The maximum absolute atomic E-state index is 12.0. The van der Waals surface area contributed by atoms with Crippen LogP contribution in [0.4, 0.5) is 0 Å². The summed E-state index contributed by atoms with van der Waals surface area (Å²) in [6.45, 7) is 5.19. The van der Waals surface area contributed by atoms with Crippen molar-refractivity contribution in [2.24, 2.45) is 5.73 Å². The van der Waals surface area contributed by atoms with Crippen LogP contribution in [0.2, 0.25) is 0 Å². The van der Waals surface area contributed by atoms with Gasteiger partial charge in [0.15, 0.2) is 5.78 Å². The number of hydrogen-bond donors (Lipinski definition) is 1. The number of nitrogens with zero attached hydrogens (tertiary/aromatic N) is 1. The zero-order valence-electron chi connectivity index (χ0n) is 10.1. The van der Waals surface area contributed by atoms with Gasteiger partial charge in [-0.2, -0.15) is 0 Å². The van der Waals surface area contributed by atoms with Gasteiger partial charge < -0.3 is 5.73 Å². The largest absolute Gasteiger partial charge is 0.403 e. The second kappa shape index (κ2) is 5.35. The molecule has 1 atom stereocenters. The molecule has 94 valence electrons. The fraction of sp³-hybridized carbons (Fsp3) is 0.545. The smallest absolute Gasteiger partial charge is 0.247 e. The topological polar surface area (TPSA) is 80.5 Å². The van der Waals surface area contributed by atoms with Crippen LogP contribution in [0.25, 0.3) is 0 Å². The predicted molar refractivity (Wildman–Crippen MR) is 65.9 cm³/mol. The molecule has 5 nitrogen and oxygen atoms in total. The first-order valence-corrected chi connectivity index (χ1v) is 6.27. The molecule has 1 saturated heterocycles. The van der Waals surface area contributed by atoms with Gasteiger partial charge in [-0.05, 0) is 5.25 Å². The van der Waals surface area contributed by atoms with Crippen LogP contribution >= 0.6 is 11.8 Å². The maximum Gasteiger partial charge on any atom is 0.247 e. The molecule has 0 aliphatic carbocycles. The maximum atomic E-state index is 12.0. The molecule has 0 saturated carbocycles. The van der Waals surface area contributed by atoms with Crippen LogP contribution in [0, 0.1) is 0 Å². The highest BCUT2D eigenvalue weighted by Crippen LogP contribution is 2.30. The van der Waals surface area contributed by atoms with E-state index < -0.39 is 5.25 Å². The van der Waals surface area contributed by atoms with Crippen molar-refractivity contribution in [3.05, 3.63) is 11.9 Å². The normalized spacial score (nSPS) is 21.5. The van der Waals surface area contributed by atoms with Crippen molar-refractivity contribution < 1.29 is 14.4 Å². The summed E-state index contributed by atoms with van der Waals surface area (Å²) in [6, 6.07) is 0. The number of ketones is 1. The van der Waals surface area contributed by atoms with Gasteiger partial charge in [0.1, 0.15) is 5.70 Å². The first-order chi connectivity index (χ1) is 7.88. The Kier molecular flexibility index (Phi) is 4.34. The lowest BCUT2D eigenvalue weighted by atomic mass is 10.3. The molecule has 1 fully saturated rings. The van der Waals surface area contributed by atoms with E-state index in [2.05, 4.69) is 0 Å². The van der Waals surface area contributed by atoms with Crippen LogP contribution in [0.5, 0.6) is 0 Å². The van der Waals surface area contributed by atoms with Crippen molar-refractivity contribution in [2.45, 2.75) is 37.7 Å². The Hall–Kier alpha value is -1.30. The van der Waals surface area contributed by atoms with E-state index in [4.69, 9.17) is 5.73 Å². The molecule has 0 spiro atoms. The van der Waals surface area contributed by atoms with Crippen molar-refractivity contribution in [1.82, 2.24) is 4.90 Å². The van der Waals surface area contributed by atoms with Crippen LogP contribution in [-0.2, 0) is 14.4 Å². The highest BCUT2D eigenvalue weighted by atomic mass is 32.2. The Labute approximate surface area is 104 Å². The van der Waals surface area contributed by atoms with E-state index >= 15 is 0 Å². The second-order valence-electron chi connectivity index (χ2n) is 4.05. The molecule has 0 aromatic carbocycles. The number of amides is 2. The molecule has 1 rings (SSSR count). The third-order valence-electron chi connectivity index (χ3n) is 2.30.